The van der Waals surface area contributed by atoms with Gasteiger partial charge in [-0.05, 0) is 83.6 Å². The smallest absolute Gasteiger partial charge is 0.746 e. The molecule has 2 amide bonds. The molecule has 4 atom stereocenters. The third-order valence-electron chi connectivity index (χ3n) is 12.2. The van der Waals surface area contributed by atoms with Crippen LogP contribution in [0.1, 0.15) is 51.1 Å². The first kappa shape index (κ1) is 50.4. The van der Waals surface area contributed by atoms with Gasteiger partial charge in [0.15, 0.2) is 29.2 Å². The summed E-state index contributed by atoms with van der Waals surface area (Å²) in [7, 11) is -2.10. The van der Waals surface area contributed by atoms with Crippen molar-refractivity contribution >= 4 is 79.2 Å². The van der Waals surface area contributed by atoms with Crippen molar-refractivity contribution in [2.45, 2.75) is 42.9 Å². The number of hydrogen-bond acceptors (Lipinski definition) is 17. The number of carbonyl (C=O) groups excluding carboxylic acids is 2. The van der Waals surface area contributed by atoms with E-state index in [1.165, 1.54) is 31.3 Å². The molecule has 22 heteroatoms. The van der Waals surface area contributed by atoms with Crippen LogP contribution in [0.5, 0.6) is 23.0 Å². The summed E-state index contributed by atoms with van der Waals surface area (Å²) in [6.07, 6.45) is 6.74. The van der Waals surface area contributed by atoms with E-state index in [2.05, 4.69) is 37.8 Å². The minimum absolute atomic E-state index is 0. The topological polar surface area (TPSA) is 212 Å². The van der Waals surface area contributed by atoms with Gasteiger partial charge in [0.25, 0.3) is 11.8 Å². The van der Waals surface area contributed by atoms with Crippen LogP contribution in [0.25, 0.3) is 33.0 Å². The number of benzene rings is 4. The zero-order valence-corrected chi connectivity index (χ0v) is 43.4. The van der Waals surface area contributed by atoms with Gasteiger partial charge in [0.1, 0.15) is 15.5 Å². The number of nitrogens with zero attached hydrogens (tertiary/aromatic N) is 4. The Morgan fingerprint density at radius 3 is 1.71 bits per heavy atom. The Morgan fingerprint density at radius 2 is 1.20 bits per heavy atom. The van der Waals surface area contributed by atoms with E-state index in [1.54, 1.807) is 41.8 Å². The maximum atomic E-state index is 14.2. The van der Waals surface area contributed by atoms with Gasteiger partial charge in [0.2, 0.25) is 0 Å². The normalized spacial score (nSPS) is 19.2. The molecular weight excluding hydrogens is 951 g/mol. The molecule has 0 radical (unpaired) electrons. The number of carbonyl (C=O) groups is 2. The fourth-order valence-electron chi connectivity index (χ4n) is 9.01. The van der Waals surface area contributed by atoms with E-state index in [0.29, 0.717) is 35.6 Å². The van der Waals surface area contributed by atoms with E-state index >= 15 is 0 Å². The molecule has 6 aromatic rings. The molecule has 10 rings (SSSR count). The third-order valence-corrected chi connectivity index (χ3v) is 13.3. The number of rotatable bonds is 14. The Morgan fingerprint density at radius 1 is 0.696 bits per heavy atom. The summed E-state index contributed by atoms with van der Waals surface area (Å²) in [6, 6.07) is 23.6. The summed E-state index contributed by atoms with van der Waals surface area (Å²) in [5.74, 6) is 0.184. The molecule has 4 aromatic carbocycles. The molecule has 2 N–H and O–H groups in total. The summed E-state index contributed by atoms with van der Waals surface area (Å²) in [6.45, 7) is 0.212. The van der Waals surface area contributed by atoms with Crippen LogP contribution in [0.2, 0.25) is 0 Å². The first-order chi connectivity index (χ1) is 32.5. The van der Waals surface area contributed by atoms with Gasteiger partial charge in [-0.25, -0.2) is 8.42 Å². The summed E-state index contributed by atoms with van der Waals surface area (Å²) in [5, 5.41) is 11.0. The average molecular weight is 991 g/mol. The fourth-order valence-corrected chi connectivity index (χ4v) is 9.92. The SMILES string of the molecule is COc1cc2c(cc1OCCCOc1cc3c(cc1OC)C(=O)N1C=C(c4ccc5ncccc5c4)C[C@H]1C(S(=O)(=O)[O-])N3)NC(OOO[S-])[C@@H]1CC(c3ccc4ncccc4c3)=CN1C2=O.[Na+].[Na+]. The molecule has 4 aliphatic heterocycles. The Balaban J connectivity index is 0.00000321. The molecule has 6 heterocycles. The van der Waals surface area contributed by atoms with Crippen molar-refractivity contribution in [3.8, 4) is 23.0 Å². The maximum Gasteiger partial charge on any atom is 1.00 e. The zero-order valence-electron chi connectivity index (χ0n) is 37.7. The number of pyridine rings is 2. The van der Waals surface area contributed by atoms with Crippen LogP contribution in [-0.2, 0) is 37.3 Å². The van der Waals surface area contributed by atoms with Gasteiger partial charge in [-0.15, -0.1) is 0 Å². The Bertz CT molecular complexity index is 3150. The van der Waals surface area contributed by atoms with Gasteiger partial charge in [-0.2, -0.15) is 4.89 Å². The molecular formula is C47H40N6Na2O12S2. The number of aromatic nitrogens is 2. The summed E-state index contributed by atoms with van der Waals surface area (Å²) in [5.41, 5.74) is 5.79. The number of anilines is 2. The molecule has 4 aliphatic rings. The van der Waals surface area contributed by atoms with Crippen LogP contribution >= 0.6 is 0 Å². The summed E-state index contributed by atoms with van der Waals surface area (Å²) >= 11 is 4.50. The van der Waals surface area contributed by atoms with E-state index < -0.39 is 39.7 Å². The number of amides is 2. The van der Waals surface area contributed by atoms with Crippen LogP contribution < -0.4 is 88.7 Å². The number of nitrogens with one attached hydrogen (secondary N) is 2. The zero-order chi connectivity index (χ0) is 46.4. The third kappa shape index (κ3) is 10.0. The first-order valence-corrected chi connectivity index (χ1v) is 22.9. The Hall–Kier alpha value is -4.94. The van der Waals surface area contributed by atoms with E-state index in [1.807, 2.05) is 60.7 Å². The molecule has 0 spiro atoms. The van der Waals surface area contributed by atoms with Crippen molar-refractivity contribution < 1.29 is 115 Å². The van der Waals surface area contributed by atoms with Crippen molar-refractivity contribution in [3.63, 3.8) is 0 Å². The number of methoxy groups -OCH3 is 2. The summed E-state index contributed by atoms with van der Waals surface area (Å²) in [4.78, 5) is 45.6. The van der Waals surface area contributed by atoms with Gasteiger partial charge >= 0.3 is 59.1 Å². The Kier molecular flexibility index (Phi) is 15.5. The number of ether oxygens (including phenoxy) is 4. The van der Waals surface area contributed by atoms with Gasteiger partial charge in [0.05, 0.1) is 73.1 Å². The van der Waals surface area contributed by atoms with E-state index in [-0.39, 0.29) is 113 Å². The largest absolute Gasteiger partial charge is 1.00 e. The van der Waals surface area contributed by atoms with Gasteiger partial charge in [0, 0.05) is 54.1 Å². The van der Waals surface area contributed by atoms with Crippen molar-refractivity contribution in [2.24, 2.45) is 0 Å². The molecule has 0 saturated carbocycles. The van der Waals surface area contributed by atoms with Gasteiger partial charge in [-0.3, -0.25) is 19.6 Å². The molecule has 2 aromatic heterocycles. The van der Waals surface area contributed by atoms with Crippen molar-refractivity contribution in [1.82, 2.24) is 19.8 Å². The molecule has 344 valence electrons. The number of fused-ring (bicyclic) bond motifs is 6. The first-order valence-electron chi connectivity index (χ1n) is 21.1. The quantitative estimate of drug-likeness (QED) is 0.0381. The minimum Gasteiger partial charge on any atom is -0.746 e. The fraction of sp³-hybridized carbons (Fsp3) is 0.234. The van der Waals surface area contributed by atoms with Crippen molar-refractivity contribution in [3.05, 3.63) is 132 Å². The Labute approximate surface area is 446 Å². The van der Waals surface area contributed by atoms with Crippen molar-refractivity contribution in [2.75, 3.05) is 38.1 Å². The molecule has 0 fully saturated rings. The predicted molar refractivity (Wildman–Crippen MR) is 245 cm³/mol. The summed E-state index contributed by atoms with van der Waals surface area (Å²) < 4.78 is 66.4. The molecule has 2 unspecified atom stereocenters. The second-order valence-corrected chi connectivity index (χ2v) is 17.7. The van der Waals surface area contributed by atoms with Crippen LogP contribution in [-0.4, -0.2) is 95.7 Å². The van der Waals surface area contributed by atoms with Crippen LogP contribution in [0.15, 0.2) is 110 Å². The number of hydrogen-bond donors (Lipinski definition) is 2. The molecule has 0 aliphatic carbocycles. The van der Waals surface area contributed by atoms with E-state index in [4.69, 9.17) is 28.9 Å². The minimum atomic E-state index is -4.99. The maximum absolute atomic E-state index is 14.2. The predicted octanol–water partition coefficient (Wildman–Crippen LogP) is 0.557. The molecule has 69 heavy (non-hydrogen) atoms. The standard InChI is InChI=1S/C47H42N6O12S2.2Na/c1-59-40-20-32-36(50-44(63-64-65-66)38-18-30(24-52(38)46(32)54)26-8-10-34-28(16-26)6-3-12-48-34)22-42(40)61-14-5-15-62-43-23-37-33(21-41(43)60-2)47(55)53-25-31(19-39(53)45(51-37)67(56,57)58)27-9-11-35-29(17-27)7-4-13-49-35;;/h3-4,6-13,16-17,20-25,38-39,44-45,50-51,66H,5,14-15,18-19H2,1-2H3,(H,56,57,58);;/q;2*+1/p-2/t38-,39-,44?,45?;;/m0../s1. The van der Waals surface area contributed by atoms with Crippen LogP contribution in [0.4, 0.5) is 11.4 Å². The monoisotopic (exact) mass is 990 g/mol. The van der Waals surface area contributed by atoms with E-state index in [0.717, 1.165) is 38.5 Å². The van der Waals surface area contributed by atoms with Crippen LogP contribution in [0.3, 0.4) is 0 Å². The van der Waals surface area contributed by atoms with Crippen molar-refractivity contribution in [1.29, 1.82) is 0 Å². The van der Waals surface area contributed by atoms with Gasteiger partial charge < -0.3 is 61.2 Å². The van der Waals surface area contributed by atoms with Crippen LogP contribution in [0, 0.1) is 0 Å². The second kappa shape index (κ2) is 21.2. The molecule has 18 nitrogen and oxygen atoms in total. The molecule has 0 saturated heterocycles. The van der Waals surface area contributed by atoms with Gasteiger partial charge in [-0.1, -0.05) is 29.3 Å². The second-order valence-electron chi connectivity index (χ2n) is 16.1. The molecule has 0 bridgehead atoms. The average Bonchev–Trinajstić information content (AvgIpc) is 3.95. The van der Waals surface area contributed by atoms with E-state index in [9.17, 15) is 22.6 Å².